The average molecular weight is 296 g/mol. The molecule has 1 aliphatic heterocycles. The van der Waals surface area contributed by atoms with E-state index >= 15 is 0 Å². The first-order valence-corrected chi connectivity index (χ1v) is 7.87. The molecule has 3 nitrogen and oxygen atoms in total. The molecule has 0 aromatic heterocycles. The number of rotatable bonds is 2. The summed E-state index contributed by atoms with van der Waals surface area (Å²) < 4.78 is 5.82. The lowest BCUT2D eigenvalue weighted by atomic mass is 9.91. The lowest BCUT2D eigenvalue weighted by Crippen LogP contribution is -2.49. The number of halogens is 1. The summed E-state index contributed by atoms with van der Waals surface area (Å²) in [4.78, 5) is 2.31. The number of hydrogen-bond acceptors (Lipinski definition) is 3. The van der Waals surface area contributed by atoms with Gasteiger partial charge in [-0.1, -0.05) is 43.0 Å². The van der Waals surface area contributed by atoms with Crippen molar-refractivity contribution >= 4 is 11.6 Å². The van der Waals surface area contributed by atoms with Gasteiger partial charge in [0.15, 0.2) is 0 Å². The molecule has 2 unspecified atom stereocenters. The van der Waals surface area contributed by atoms with Gasteiger partial charge in [0.1, 0.15) is 18.5 Å². The number of para-hydroxylation sites is 1. The molecule has 2 atom stereocenters. The van der Waals surface area contributed by atoms with Crippen LogP contribution >= 0.6 is 11.6 Å². The number of fused-ring (bicyclic) bond motifs is 1. The molecule has 1 aromatic rings. The number of aliphatic hydroxyl groups excluding tert-OH is 1. The van der Waals surface area contributed by atoms with Crippen molar-refractivity contribution < 1.29 is 9.84 Å². The Balaban J connectivity index is 1.79. The van der Waals surface area contributed by atoms with Crippen molar-refractivity contribution in [2.45, 2.75) is 50.3 Å². The summed E-state index contributed by atoms with van der Waals surface area (Å²) in [6.07, 6.45) is 5.85. The molecule has 1 aliphatic carbocycles. The Morgan fingerprint density at radius 1 is 1.25 bits per heavy atom. The Bertz CT molecular complexity index is 474. The highest BCUT2D eigenvalue weighted by Gasteiger charge is 2.36. The molecule has 3 rings (SSSR count). The van der Waals surface area contributed by atoms with Crippen molar-refractivity contribution in [1.82, 2.24) is 4.90 Å². The molecule has 4 heteroatoms. The molecule has 1 aromatic carbocycles. The van der Waals surface area contributed by atoms with Crippen molar-refractivity contribution in [3.63, 3.8) is 0 Å². The Kier molecular flexibility index (Phi) is 4.20. The van der Waals surface area contributed by atoms with Gasteiger partial charge in [-0.05, 0) is 26.0 Å². The summed E-state index contributed by atoms with van der Waals surface area (Å²) in [5.74, 6) is 0.648. The van der Waals surface area contributed by atoms with E-state index in [4.69, 9.17) is 16.3 Å². The van der Waals surface area contributed by atoms with Crippen LogP contribution in [0.15, 0.2) is 18.2 Å². The van der Waals surface area contributed by atoms with E-state index in [-0.39, 0.29) is 6.04 Å². The van der Waals surface area contributed by atoms with Gasteiger partial charge in [0.2, 0.25) is 0 Å². The third-order valence-electron chi connectivity index (χ3n) is 4.75. The maximum atomic E-state index is 10.7. The van der Waals surface area contributed by atoms with Gasteiger partial charge in [0.25, 0.3) is 0 Å². The van der Waals surface area contributed by atoms with E-state index in [2.05, 4.69) is 11.9 Å². The molecule has 0 spiro atoms. The molecule has 0 amide bonds. The molecule has 1 heterocycles. The number of nitrogens with zero attached hydrogens (tertiary/aromatic N) is 1. The lowest BCUT2D eigenvalue weighted by Gasteiger charge is -2.41. The molecular weight excluding hydrogens is 274 g/mol. The molecule has 110 valence electrons. The van der Waals surface area contributed by atoms with Gasteiger partial charge in [0.05, 0.1) is 11.1 Å². The van der Waals surface area contributed by atoms with Crippen molar-refractivity contribution in [2.24, 2.45) is 0 Å². The summed E-state index contributed by atoms with van der Waals surface area (Å²) in [7, 11) is 2.11. The maximum Gasteiger partial charge on any atom is 0.143 e. The number of ether oxygens (including phenoxy) is 1. The first kappa shape index (κ1) is 14.2. The largest absolute Gasteiger partial charge is 0.490 e. The average Bonchev–Trinajstić information content (AvgIpc) is 2.49. The quantitative estimate of drug-likeness (QED) is 0.908. The number of aliphatic hydroxyl groups is 1. The summed E-state index contributed by atoms with van der Waals surface area (Å²) in [6, 6.07) is 6.17. The van der Waals surface area contributed by atoms with Crippen LogP contribution in [0.5, 0.6) is 5.75 Å². The third-order valence-corrected chi connectivity index (χ3v) is 5.05. The normalized spacial score (nSPS) is 27.2. The van der Waals surface area contributed by atoms with Gasteiger partial charge >= 0.3 is 0 Å². The third kappa shape index (κ3) is 2.54. The van der Waals surface area contributed by atoms with E-state index in [0.29, 0.717) is 23.4 Å². The highest BCUT2D eigenvalue weighted by Crippen LogP contribution is 2.39. The summed E-state index contributed by atoms with van der Waals surface area (Å²) in [6.45, 7) is 0.505. The van der Waals surface area contributed by atoms with Crippen molar-refractivity contribution in [2.75, 3.05) is 13.7 Å². The fourth-order valence-electron chi connectivity index (χ4n) is 3.48. The molecular formula is C16H22ClNO2. The zero-order valence-corrected chi connectivity index (χ0v) is 12.6. The minimum absolute atomic E-state index is 0.0177. The molecule has 2 aliphatic rings. The predicted molar refractivity (Wildman–Crippen MR) is 80.3 cm³/mol. The van der Waals surface area contributed by atoms with Crippen LogP contribution in [0.4, 0.5) is 0 Å². The number of benzene rings is 1. The van der Waals surface area contributed by atoms with Crippen LogP contribution in [0.3, 0.4) is 0 Å². The first-order chi connectivity index (χ1) is 9.68. The van der Waals surface area contributed by atoms with Crippen LogP contribution < -0.4 is 4.74 Å². The second-order valence-electron chi connectivity index (χ2n) is 5.94. The fourth-order valence-corrected chi connectivity index (χ4v) is 3.71. The Morgan fingerprint density at radius 2 is 2.00 bits per heavy atom. The van der Waals surface area contributed by atoms with Crippen LogP contribution in [0.2, 0.25) is 5.02 Å². The summed E-state index contributed by atoms with van der Waals surface area (Å²) in [5.41, 5.74) is 0.816. The summed E-state index contributed by atoms with van der Waals surface area (Å²) in [5, 5.41) is 11.2. The number of hydrogen-bond donors (Lipinski definition) is 1. The fraction of sp³-hybridized carbons (Fsp3) is 0.625. The van der Waals surface area contributed by atoms with Crippen LogP contribution in [0.1, 0.15) is 43.8 Å². The lowest BCUT2D eigenvalue weighted by molar-refractivity contribution is -0.00989. The highest BCUT2D eigenvalue weighted by molar-refractivity contribution is 6.32. The Labute approximate surface area is 125 Å². The van der Waals surface area contributed by atoms with Crippen molar-refractivity contribution in [3.05, 3.63) is 28.8 Å². The molecule has 0 bridgehead atoms. The standard InChI is InChI=1S/C16H22ClNO2/c1-18(11-6-3-2-4-7-11)14-10-20-16-12(15(14)19)8-5-9-13(16)17/h5,8-9,11,14-15,19H,2-4,6-7,10H2,1H3. The Hall–Kier alpha value is -0.770. The van der Waals surface area contributed by atoms with E-state index in [1.807, 2.05) is 12.1 Å². The molecule has 0 radical (unpaired) electrons. The van der Waals surface area contributed by atoms with Gasteiger partial charge < -0.3 is 9.84 Å². The highest BCUT2D eigenvalue weighted by atomic mass is 35.5. The molecule has 20 heavy (non-hydrogen) atoms. The minimum atomic E-state index is -0.524. The van der Waals surface area contributed by atoms with Gasteiger partial charge in [-0.3, -0.25) is 4.90 Å². The molecule has 1 N–H and O–H groups in total. The van der Waals surface area contributed by atoms with Crippen LogP contribution in [-0.2, 0) is 0 Å². The second kappa shape index (κ2) is 5.92. The summed E-state index contributed by atoms with van der Waals surface area (Å²) >= 11 is 6.13. The van der Waals surface area contributed by atoms with E-state index < -0.39 is 6.10 Å². The van der Waals surface area contributed by atoms with Crippen LogP contribution in [-0.4, -0.2) is 35.7 Å². The molecule has 1 fully saturated rings. The van der Waals surface area contributed by atoms with Crippen molar-refractivity contribution in [1.29, 1.82) is 0 Å². The predicted octanol–water partition coefficient (Wildman–Crippen LogP) is 3.40. The number of likely N-dealkylation sites (N-methyl/N-ethyl adjacent to an activating group) is 1. The van der Waals surface area contributed by atoms with Gasteiger partial charge in [-0.15, -0.1) is 0 Å². The SMILES string of the molecule is CN(C1CCCCC1)C1COc2c(Cl)cccc2C1O. The van der Waals surface area contributed by atoms with Gasteiger partial charge in [-0.25, -0.2) is 0 Å². The van der Waals surface area contributed by atoms with Gasteiger partial charge in [0, 0.05) is 11.6 Å². The van der Waals surface area contributed by atoms with Crippen LogP contribution in [0, 0.1) is 0 Å². The monoisotopic (exact) mass is 295 g/mol. The van der Waals surface area contributed by atoms with Crippen LogP contribution in [0.25, 0.3) is 0 Å². The second-order valence-corrected chi connectivity index (χ2v) is 6.35. The molecule has 0 saturated heterocycles. The molecule has 1 saturated carbocycles. The minimum Gasteiger partial charge on any atom is -0.490 e. The smallest absolute Gasteiger partial charge is 0.143 e. The van der Waals surface area contributed by atoms with Crippen molar-refractivity contribution in [3.8, 4) is 5.75 Å². The topological polar surface area (TPSA) is 32.7 Å². The zero-order chi connectivity index (χ0) is 14.1. The maximum absolute atomic E-state index is 10.7. The van der Waals surface area contributed by atoms with E-state index in [0.717, 1.165) is 5.56 Å². The van der Waals surface area contributed by atoms with E-state index in [1.165, 1.54) is 32.1 Å². The van der Waals surface area contributed by atoms with E-state index in [9.17, 15) is 5.11 Å². The van der Waals surface area contributed by atoms with Gasteiger partial charge in [-0.2, -0.15) is 0 Å². The Morgan fingerprint density at radius 3 is 2.75 bits per heavy atom. The first-order valence-electron chi connectivity index (χ1n) is 7.49. The zero-order valence-electron chi connectivity index (χ0n) is 11.9. The van der Waals surface area contributed by atoms with E-state index in [1.54, 1.807) is 6.07 Å².